The summed E-state index contributed by atoms with van der Waals surface area (Å²) in [7, 11) is 2.97. The SMILES string of the molecule is CO[C@@H]1C[C@H](C[C@@H](C)[C@@H]2CC(=O)[C@H](C)/C=C(\C)[C@@H](O)[C@@H](OC)C(=O)[C@H](C)C[C@H](C)/C=C/C=C/C=C(\C)C(OCCc3ccccc3)C[C@@H]3CC[C@@H](C)[C@@](O)(O3)C(=O)C(=O)N3CCCCC3C(=O)O2)CC[C@H]1OC(=O)NCCN1CCOCC1. The molecule has 5 aliphatic rings. The number of methoxy groups -OCH3 is 2. The van der Waals surface area contributed by atoms with Crippen LogP contribution in [0.3, 0.4) is 0 Å². The highest BCUT2D eigenvalue weighted by molar-refractivity contribution is 6.39. The van der Waals surface area contributed by atoms with Gasteiger partial charge in [-0.25, -0.2) is 9.59 Å². The second kappa shape index (κ2) is 33.1. The van der Waals surface area contributed by atoms with Crippen LogP contribution in [0.2, 0.25) is 0 Å². The number of nitrogens with zero attached hydrogens (tertiary/aromatic N) is 2. The molecule has 1 aromatic rings. The number of benzene rings is 1. The second-order valence-electron chi connectivity index (χ2n) is 24.2. The van der Waals surface area contributed by atoms with Crippen LogP contribution in [-0.4, -0.2) is 177 Å². The number of rotatable bonds is 13. The van der Waals surface area contributed by atoms with Gasteiger partial charge in [0.1, 0.15) is 36.2 Å². The Morgan fingerprint density at radius 3 is 2.33 bits per heavy atom. The molecule has 2 bridgehead atoms. The van der Waals surface area contributed by atoms with Crippen molar-refractivity contribution in [2.45, 2.75) is 186 Å². The Hall–Kier alpha value is -4.92. The van der Waals surface area contributed by atoms with Gasteiger partial charge in [-0.15, -0.1) is 0 Å². The lowest BCUT2D eigenvalue weighted by atomic mass is 9.78. The summed E-state index contributed by atoms with van der Waals surface area (Å²) in [6, 6.07) is 8.79. The quantitative estimate of drug-likeness (QED) is 0.0971. The van der Waals surface area contributed by atoms with Crippen LogP contribution in [0.1, 0.15) is 131 Å². The average Bonchev–Trinajstić information content (AvgIpc) is 2.96. The van der Waals surface area contributed by atoms with Crippen LogP contribution in [0.15, 0.2) is 77.9 Å². The van der Waals surface area contributed by atoms with E-state index in [-0.39, 0.29) is 49.2 Å². The van der Waals surface area contributed by atoms with Gasteiger partial charge in [0.25, 0.3) is 11.7 Å². The highest BCUT2D eigenvalue weighted by atomic mass is 16.6. The molecule has 15 atom stereocenters. The highest BCUT2D eigenvalue weighted by Gasteiger charge is 2.53. The maximum atomic E-state index is 14.7. The first kappa shape index (κ1) is 67.2. The van der Waals surface area contributed by atoms with Crippen LogP contribution < -0.4 is 5.32 Å². The predicted molar refractivity (Wildman–Crippen MR) is 314 cm³/mol. The third-order valence-electron chi connectivity index (χ3n) is 17.8. The zero-order valence-corrected chi connectivity index (χ0v) is 50.9. The van der Waals surface area contributed by atoms with E-state index < -0.39 is 102 Å². The Morgan fingerprint density at radius 1 is 0.855 bits per heavy atom. The molecule has 2 unspecified atom stereocenters. The van der Waals surface area contributed by atoms with Gasteiger partial charge in [-0.1, -0.05) is 101 Å². The van der Waals surface area contributed by atoms with Gasteiger partial charge in [-0.3, -0.25) is 24.1 Å². The number of piperidine rings is 1. The zero-order valence-electron chi connectivity index (χ0n) is 50.9. The van der Waals surface area contributed by atoms with Crippen molar-refractivity contribution in [2.75, 3.05) is 66.8 Å². The summed E-state index contributed by atoms with van der Waals surface area (Å²) in [5.74, 6) is -8.41. The van der Waals surface area contributed by atoms with Crippen molar-refractivity contribution >= 4 is 35.3 Å². The average molecular weight is 1160 g/mol. The lowest BCUT2D eigenvalue weighted by Crippen LogP contribution is -2.61. The number of amides is 2. The van der Waals surface area contributed by atoms with Gasteiger partial charge in [0, 0.05) is 77.5 Å². The lowest BCUT2D eigenvalue weighted by molar-refractivity contribution is -0.266. The number of carbonyl (C=O) groups excluding carboxylic acids is 6. The van der Waals surface area contributed by atoms with Crippen LogP contribution in [-0.2, 0) is 63.6 Å². The summed E-state index contributed by atoms with van der Waals surface area (Å²) >= 11 is 0. The molecule has 2 amide bonds. The van der Waals surface area contributed by atoms with E-state index in [0.717, 1.165) is 24.2 Å². The maximum Gasteiger partial charge on any atom is 0.407 e. The highest BCUT2D eigenvalue weighted by Crippen LogP contribution is 2.38. The number of ether oxygens (including phenoxy) is 7. The van der Waals surface area contributed by atoms with E-state index in [0.29, 0.717) is 103 Å². The molecule has 18 heteroatoms. The van der Waals surface area contributed by atoms with Gasteiger partial charge < -0.3 is 53.6 Å². The number of ketones is 3. The molecular weight excluding hydrogens is 1060 g/mol. The fraction of sp³-hybridized carbons (Fsp3) is 0.692. The number of hydrogen-bond donors (Lipinski definition) is 3. The molecule has 0 aromatic heterocycles. The number of esters is 1. The van der Waals surface area contributed by atoms with Gasteiger partial charge in [-0.05, 0) is 119 Å². The fourth-order valence-corrected chi connectivity index (χ4v) is 12.4. The van der Waals surface area contributed by atoms with Gasteiger partial charge in [-0.2, -0.15) is 0 Å². The van der Waals surface area contributed by atoms with E-state index in [1.807, 2.05) is 88.4 Å². The van der Waals surface area contributed by atoms with E-state index >= 15 is 0 Å². The maximum absolute atomic E-state index is 14.7. The Kier molecular flexibility index (Phi) is 26.8. The minimum Gasteiger partial charge on any atom is -0.460 e. The molecule has 462 valence electrons. The predicted octanol–water partition coefficient (Wildman–Crippen LogP) is 7.86. The first-order valence-electron chi connectivity index (χ1n) is 30.6. The first-order chi connectivity index (χ1) is 39.7. The molecule has 3 N–H and O–H groups in total. The third kappa shape index (κ3) is 19.6. The molecule has 4 aliphatic heterocycles. The molecule has 83 heavy (non-hydrogen) atoms. The van der Waals surface area contributed by atoms with E-state index in [2.05, 4.69) is 10.2 Å². The van der Waals surface area contributed by atoms with Crippen molar-refractivity contribution in [3.63, 3.8) is 0 Å². The molecule has 1 saturated carbocycles. The van der Waals surface area contributed by atoms with Crippen molar-refractivity contribution in [3.05, 3.63) is 83.5 Å². The summed E-state index contributed by atoms with van der Waals surface area (Å²) in [5, 5.41) is 26.8. The standard InChI is InChI=1S/C65H97N3O15/c1-42-18-12-10-13-19-43(2)55(80-33-27-49-20-14-11-15-21-49)40-51-25-23-48(7)65(76,83-51)61(72)62(73)68-29-17-16-22-52(68)63(74)81-56(41-53(69)44(3)37-47(6)59(71)60(78-9)58(70)46(5)36-42)45(4)38-50-24-26-54(57(39-50)77-8)82-64(75)66-28-30-67-31-34-79-35-32-67/h10-15,18-21,37,42,44-46,48,50-52,54-57,59-60,71,76H,16-17,22-36,38-41H2,1-9H3,(H,66,75)/b13-10+,18-12+,43-19+,47-37+/t42-,44-,45-,46-,48-,50+,51+,52?,54-,55?,56+,57-,59-,60+,65-/m1/s1. The fourth-order valence-electron chi connectivity index (χ4n) is 12.4. The number of aliphatic hydroxyl groups is 2. The Bertz CT molecular complexity index is 2400. The smallest absolute Gasteiger partial charge is 0.407 e. The minimum atomic E-state index is -2.48. The van der Waals surface area contributed by atoms with E-state index in [1.54, 1.807) is 34.0 Å². The molecule has 1 aromatic carbocycles. The van der Waals surface area contributed by atoms with Crippen molar-refractivity contribution < 1.29 is 72.1 Å². The van der Waals surface area contributed by atoms with E-state index in [1.165, 1.54) is 12.0 Å². The number of allylic oxidation sites excluding steroid dienone is 6. The van der Waals surface area contributed by atoms with E-state index in [4.69, 9.17) is 33.2 Å². The van der Waals surface area contributed by atoms with E-state index in [9.17, 15) is 39.0 Å². The van der Waals surface area contributed by atoms with Crippen LogP contribution in [0.4, 0.5) is 4.79 Å². The number of alkyl carbamates (subject to hydrolysis) is 1. The number of aliphatic hydroxyl groups excluding tert-OH is 1. The molecule has 1 aliphatic carbocycles. The van der Waals surface area contributed by atoms with Gasteiger partial charge in [0.2, 0.25) is 5.79 Å². The Labute approximate surface area is 493 Å². The summed E-state index contributed by atoms with van der Waals surface area (Å²) in [4.78, 5) is 88.7. The largest absolute Gasteiger partial charge is 0.460 e. The van der Waals surface area contributed by atoms with Crippen LogP contribution >= 0.6 is 0 Å². The van der Waals surface area contributed by atoms with Gasteiger partial charge in [0.05, 0.1) is 38.1 Å². The summed E-state index contributed by atoms with van der Waals surface area (Å²) < 4.78 is 42.2. The number of cyclic esters (lactones) is 1. The van der Waals surface area contributed by atoms with Crippen molar-refractivity contribution in [2.24, 2.45) is 35.5 Å². The molecule has 0 spiro atoms. The Morgan fingerprint density at radius 2 is 1.60 bits per heavy atom. The van der Waals surface area contributed by atoms with Crippen LogP contribution in [0, 0.1) is 35.5 Å². The molecule has 18 nitrogen and oxygen atoms in total. The molecule has 4 fully saturated rings. The number of Topliss-reactive ketones (excluding diaryl/α,β-unsaturated/α-hetero) is 3. The summed E-state index contributed by atoms with van der Waals surface area (Å²) in [6.07, 6.45) is 10.8. The summed E-state index contributed by atoms with van der Waals surface area (Å²) in [6.45, 7) is 17.2. The van der Waals surface area contributed by atoms with Gasteiger partial charge in [0.15, 0.2) is 5.78 Å². The topological polar surface area (TPSA) is 226 Å². The second-order valence-corrected chi connectivity index (χ2v) is 24.2. The van der Waals surface area contributed by atoms with Crippen molar-refractivity contribution in [3.8, 4) is 0 Å². The molecule has 4 heterocycles. The number of fused-ring (bicyclic) bond motifs is 3. The monoisotopic (exact) mass is 1160 g/mol. The lowest BCUT2D eigenvalue weighted by Gasteiger charge is -2.43. The molecule has 0 radical (unpaired) electrons. The molecule has 3 saturated heterocycles. The minimum absolute atomic E-state index is 0.0123. The van der Waals surface area contributed by atoms with Gasteiger partial charge >= 0.3 is 12.1 Å². The number of hydrogen-bond acceptors (Lipinski definition) is 16. The van der Waals surface area contributed by atoms with Crippen LogP contribution in [0.25, 0.3) is 0 Å². The van der Waals surface area contributed by atoms with Crippen molar-refractivity contribution in [1.29, 1.82) is 0 Å². The van der Waals surface area contributed by atoms with Crippen LogP contribution in [0.5, 0.6) is 0 Å². The normalized spacial score (nSPS) is 35.4. The number of nitrogens with one attached hydrogen (secondary N) is 1. The van der Waals surface area contributed by atoms with Crippen molar-refractivity contribution in [1.82, 2.24) is 15.1 Å². The molecular formula is C65H97N3O15. The first-order valence-corrected chi connectivity index (χ1v) is 30.6. The third-order valence-corrected chi connectivity index (χ3v) is 17.8. The Balaban J connectivity index is 1.25. The summed E-state index contributed by atoms with van der Waals surface area (Å²) in [5.41, 5.74) is 2.36. The number of morpholine rings is 1. The number of carbonyl (C=O) groups is 6. The zero-order chi connectivity index (χ0) is 60.2. The molecule has 6 rings (SSSR count).